The Balaban J connectivity index is 1.73. The second-order valence-corrected chi connectivity index (χ2v) is 10.3. The fraction of sp³-hybridized carbons (Fsp3) is 0.381. The minimum absolute atomic E-state index is 0.156. The van der Waals surface area contributed by atoms with E-state index in [4.69, 9.17) is 27.9 Å². The minimum atomic E-state index is -3.65. The maximum atomic E-state index is 12.9. The molecule has 1 saturated heterocycles. The lowest BCUT2D eigenvalue weighted by Crippen LogP contribution is -2.48. The third kappa shape index (κ3) is 5.15. The van der Waals surface area contributed by atoms with E-state index in [1.165, 1.54) is 33.5 Å². The van der Waals surface area contributed by atoms with Crippen molar-refractivity contribution in [1.29, 1.82) is 0 Å². The van der Waals surface area contributed by atoms with Gasteiger partial charge >= 0.3 is 0 Å². The summed E-state index contributed by atoms with van der Waals surface area (Å²) in [4.78, 5) is 14.4. The van der Waals surface area contributed by atoms with E-state index in [2.05, 4.69) is 0 Å². The maximum Gasteiger partial charge on any atom is 0.253 e. The lowest BCUT2D eigenvalue weighted by Gasteiger charge is -2.34. The largest absolute Gasteiger partial charge is 0.373 e. The highest BCUT2D eigenvalue weighted by Crippen LogP contribution is 2.24. The van der Waals surface area contributed by atoms with Crippen LogP contribution in [-0.2, 0) is 21.3 Å². The Morgan fingerprint density at radius 2 is 1.70 bits per heavy atom. The van der Waals surface area contributed by atoms with E-state index in [9.17, 15) is 13.2 Å². The third-order valence-corrected chi connectivity index (χ3v) is 7.33. The average Bonchev–Trinajstić information content (AvgIpc) is 2.69. The predicted molar refractivity (Wildman–Crippen MR) is 117 cm³/mol. The van der Waals surface area contributed by atoms with Gasteiger partial charge in [-0.05, 0) is 55.8 Å². The Morgan fingerprint density at radius 3 is 2.27 bits per heavy atom. The minimum Gasteiger partial charge on any atom is -0.373 e. The van der Waals surface area contributed by atoms with Gasteiger partial charge in [0.15, 0.2) is 0 Å². The highest BCUT2D eigenvalue weighted by molar-refractivity contribution is 7.89. The van der Waals surface area contributed by atoms with E-state index < -0.39 is 10.0 Å². The number of carbonyl (C=O) groups is 1. The van der Waals surface area contributed by atoms with Gasteiger partial charge in [0.1, 0.15) is 0 Å². The molecule has 9 heteroatoms. The molecule has 0 saturated carbocycles. The standard InChI is InChI=1S/C21H24Cl2N2O4S/c1-14-11-25(12-15(2)29-14)30(27,28)19-8-5-16(6-9-19)21(26)24(3)13-17-4-7-18(22)10-20(17)23/h4-10,14-15H,11-13H2,1-3H3. The number of carbonyl (C=O) groups excluding carboxylic acids is 1. The van der Waals surface area contributed by atoms with Crippen molar-refractivity contribution in [3.8, 4) is 0 Å². The molecule has 3 rings (SSSR count). The number of morpholine rings is 1. The van der Waals surface area contributed by atoms with Crippen LogP contribution in [0.5, 0.6) is 0 Å². The Labute approximate surface area is 187 Å². The summed E-state index contributed by atoms with van der Waals surface area (Å²) in [6, 6.07) is 11.1. The Bertz CT molecular complexity index is 1020. The van der Waals surface area contributed by atoms with E-state index in [1.54, 1.807) is 25.2 Å². The number of hydrogen-bond donors (Lipinski definition) is 0. The Hall–Kier alpha value is -1.64. The normalized spacial score (nSPS) is 20.2. The van der Waals surface area contributed by atoms with Gasteiger partial charge in [-0.1, -0.05) is 29.3 Å². The van der Waals surface area contributed by atoms with Gasteiger partial charge in [0.25, 0.3) is 5.91 Å². The molecule has 2 aromatic rings. The molecule has 1 heterocycles. The zero-order valence-electron chi connectivity index (χ0n) is 17.0. The summed E-state index contributed by atoms with van der Waals surface area (Å²) in [6.45, 7) is 4.61. The molecule has 0 radical (unpaired) electrons. The first kappa shape index (κ1) is 23.0. The first-order valence-corrected chi connectivity index (χ1v) is 11.7. The van der Waals surface area contributed by atoms with Crippen LogP contribution in [0, 0.1) is 0 Å². The predicted octanol–water partition coefficient (Wildman–Crippen LogP) is 4.06. The quantitative estimate of drug-likeness (QED) is 0.660. The topological polar surface area (TPSA) is 66.9 Å². The Morgan fingerprint density at radius 1 is 1.10 bits per heavy atom. The molecule has 1 aliphatic heterocycles. The van der Waals surface area contributed by atoms with Crippen molar-refractivity contribution in [3.63, 3.8) is 0 Å². The van der Waals surface area contributed by atoms with Crippen LogP contribution in [0.2, 0.25) is 10.0 Å². The van der Waals surface area contributed by atoms with Crippen molar-refractivity contribution in [2.75, 3.05) is 20.1 Å². The number of hydrogen-bond acceptors (Lipinski definition) is 4. The van der Waals surface area contributed by atoms with Gasteiger partial charge in [-0.3, -0.25) is 4.79 Å². The van der Waals surface area contributed by atoms with Crippen LogP contribution in [0.25, 0.3) is 0 Å². The van der Waals surface area contributed by atoms with Crippen LogP contribution >= 0.6 is 23.2 Å². The van der Waals surface area contributed by atoms with Gasteiger partial charge in [-0.25, -0.2) is 8.42 Å². The molecule has 2 unspecified atom stereocenters. The molecule has 162 valence electrons. The molecule has 2 atom stereocenters. The number of benzene rings is 2. The zero-order valence-corrected chi connectivity index (χ0v) is 19.3. The molecule has 2 aromatic carbocycles. The summed E-state index contributed by atoms with van der Waals surface area (Å²) in [7, 11) is -1.99. The molecule has 0 N–H and O–H groups in total. The monoisotopic (exact) mass is 470 g/mol. The molecular weight excluding hydrogens is 447 g/mol. The van der Waals surface area contributed by atoms with Crippen LogP contribution < -0.4 is 0 Å². The van der Waals surface area contributed by atoms with Gasteiger partial charge in [0.2, 0.25) is 10.0 Å². The first-order chi connectivity index (χ1) is 14.1. The summed E-state index contributed by atoms with van der Waals surface area (Å²) < 4.78 is 32.9. The zero-order chi connectivity index (χ0) is 22.1. The fourth-order valence-corrected chi connectivity index (χ4v) is 5.50. The number of ether oxygens (including phenoxy) is 1. The summed E-state index contributed by atoms with van der Waals surface area (Å²) in [6.07, 6.45) is -0.338. The second kappa shape index (κ2) is 9.24. The molecule has 0 aromatic heterocycles. The molecule has 1 aliphatic rings. The molecule has 1 fully saturated rings. The average molecular weight is 471 g/mol. The van der Waals surface area contributed by atoms with Crippen LogP contribution in [-0.4, -0.2) is 55.9 Å². The van der Waals surface area contributed by atoms with Gasteiger partial charge in [0, 0.05) is 42.3 Å². The van der Waals surface area contributed by atoms with Crippen molar-refractivity contribution in [2.24, 2.45) is 0 Å². The van der Waals surface area contributed by atoms with E-state index in [-0.39, 0.29) is 23.0 Å². The number of rotatable bonds is 5. The highest BCUT2D eigenvalue weighted by Gasteiger charge is 2.32. The molecule has 0 spiro atoms. The highest BCUT2D eigenvalue weighted by atomic mass is 35.5. The fourth-order valence-electron chi connectivity index (χ4n) is 3.44. The summed E-state index contributed by atoms with van der Waals surface area (Å²) in [5.41, 5.74) is 1.16. The molecular formula is C21H24Cl2N2O4S. The van der Waals surface area contributed by atoms with Gasteiger partial charge in [-0.15, -0.1) is 0 Å². The van der Waals surface area contributed by atoms with Crippen LogP contribution in [0.15, 0.2) is 47.4 Å². The smallest absolute Gasteiger partial charge is 0.253 e. The van der Waals surface area contributed by atoms with Crippen molar-refractivity contribution >= 4 is 39.1 Å². The molecule has 0 bridgehead atoms. The number of nitrogens with zero attached hydrogens (tertiary/aromatic N) is 2. The Kier molecular flexibility index (Phi) is 7.09. The van der Waals surface area contributed by atoms with Crippen molar-refractivity contribution in [1.82, 2.24) is 9.21 Å². The van der Waals surface area contributed by atoms with Crippen molar-refractivity contribution in [2.45, 2.75) is 37.5 Å². The maximum absolute atomic E-state index is 12.9. The van der Waals surface area contributed by atoms with Gasteiger partial charge in [-0.2, -0.15) is 4.31 Å². The molecule has 6 nitrogen and oxygen atoms in total. The summed E-state index contributed by atoms with van der Waals surface area (Å²) in [5, 5.41) is 1.01. The molecule has 30 heavy (non-hydrogen) atoms. The van der Waals surface area contributed by atoms with E-state index in [1.807, 2.05) is 13.8 Å². The third-order valence-electron chi connectivity index (χ3n) is 4.89. The first-order valence-electron chi connectivity index (χ1n) is 9.53. The van der Waals surface area contributed by atoms with Crippen LogP contribution in [0.3, 0.4) is 0 Å². The van der Waals surface area contributed by atoms with Crippen LogP contribution in [0.4, 0.5) is 0 Å². The summed E-state index contributed by atoms with van der Waals surface area (Å²) in [5.74, 6) is -0.237. The molecule has 1 amide bonds. The lowest BCUT2D eigenvalue weighted by molar-refractivity contribution is -0.0440. The number of halogens is 2. The van der Waals surface area contributed by atoms with E-state index >= 15 is 0 Å². The SMILES string of the molecule is CC1CN(S(=O)(=O)c2ccc(C(=O)N(C)Cc3ccc(Cl)cc3Cl)cc2)CC(C)O1. The second-order valence-electron chi connectivity index (χ2n) is 7.50. The van der Waals surface area contributed by atoms with Gasteiger partial charge < -0.3 is 9.64 Å². The number of sulfonamides is 1. The molecule has 0 aliphatic carbocycles. The lowest BCUT2D eigenvalue weighted by atomic mass is 10.1. The number of amides is 1. The van der Waals surface area contributed by atoms with Crippen molar-refractivity contribution < 1.29 is 17.9 Å². The van der Waals surface area contributed by atoms with Gasteiger partial charge in [0.05, 0.1) is 17.1 Å². The van der Waals surface area contributed by atoms with Crippen LogP contribution in [0.1, 0.15) is 29.8 Å². The van der Waals surface area contributed by atoms with E-state index in [0.717, 1.165) is 5.56 Å². The van der Waals surface area contributed by atoms with Crippen molar-refractivity contribution in [3.05, 3.63) is 63.6 Å². The summed E-state index contributed by atoms with van der Waals surface area (Å²) >= 11 is 12.1. The van der Waals surface area contributed by atoms with E-state index in [0.29, 0.717) is 35.2 Å².